The van der Waals surface area contributed by atoms with E-state index in [1.54, 1.807) is 29.2 Å². The smallest absolute Gasteiger partial charge is 0.369 e. The van der Waals surface area contributed by atoms with Gasteiger partial charge in [0.1, 0.15) is 0 Å². The Morgan fingerprint density at radius 1 is 1.14 bits per heavy atom. The molecule has 2 saturated heterocycles. The third-order valence-electron chi connectivity index (χ3n) is 7.72. The lowest BCUT2D eigenvalue weighted by molar-refractivity contribution is -0.138. The monoisotopic (exact) mass is 517 g/mol. The Kier molecular flexibility index (Phi) is 6.57. The van der Waals surface area contributed by atoms with Gasteiger partial charge in [0, 0.05) is 43.6 Å². The Morgan fingerprint density at radius 3 is 2.49 bits per heavy atom. The molecule has 0 radical (unpaired) electrons. The van der Waals surface area contributed by atoms with Gasteiger partial charge in [0.15, 0.2) is 0 Å². The van der Waals surface area contributed by atoms with Crippen molar-refractivity contribution in [3.63, 3.8) is 0 Å². The van der Waals surface area contributed by atoms with Gasteiger partial charge in [-0.3, -0.25) is 14.9 Å². The normalized spacial score (nSPS) is 26.2. The second-order valence-corrected chi connectivity index (χ2v) is 10.1. The van der Waals surface area contributed by atoms with Crippen LogP contribution in [0, 0.1) is 5.92 Å². The van der Waals surface area contributed by atoms with Crippen molar-refractivity contribution in [2.45, 2.75) is 43.4 Å². The number of carbonyl (C=O) groups excluding carboxylic acids is 2. The van der Waals surface area contributed by atoms with Crippen LogP contribution in [0.3, 0.4) is 0 Å². The Hall–Kier alpha value is -3.25. The highest BCUT2D eigenvalue weighted by Gasteiger charge is 2.63. The van der Waals surface area contributed by atoms with Crippen molar-refractivity contribution < 1.29 is 22.8 Å². The zero-order valence-electron chi connectivity index (χ0n) is 20.5. The standard InChI is InChI=1S/C25H30F3N7O2/c1-34-10-12-35(13-11-34)22(37)15-5-7-16(8-6-15)31-23-30-14-18(25(26,27)28)19(32-23)20-24(33-20)9-3-2-4-17(24)21(29)36/h5-8,14,17,20,33H,2-4,9-13H2,1H3,(H2,29,36)(H,30,31,32)/t17-,20?,24-/m1/s1. The Balaban J connectivity index is 1.35. The number of amides is 2. The van der Waals surface area contributed by atoms with E-state index in [-0.39, 0.29) is 17.5 Å². The number of carbonyl (C=O) groups is 2. The zero-order valence-corrected chi connectivity index (χ0v) is 20.5. The molecule has 3 fully saturated rings. The van der Waals surface area contributed by atoms with Gasteiger partial charge in [-0.1, -0.05) is 12.8 Å². The number of alkyl halides is 3. The van der Waals surface area contributed by atoms with E-state index < -0.39 is 35.1 Å². The highest BCUT2D eigenvalue weighted by Crippen LogP contribution is 2.54. The first-order chi connectivity index (χ1) is 17.6. The Bertz CT molecular complexity index is 1180. The lowest BCUT2D eigenvalue weighted by atomic mass is 9.75. The largest absolute Gasteiger partial charge is 0.419 e. The van der Waals surface area contributed by atoms with Crippen molar-refractivity contribution in [2.24, 2.45) is 11.7 Å². The number of hydrogen-bond donors (Lipinski definition) is 3. The van der Waals surface area contributed by atoms with Crippen molar-refractivity contribution in [3.8, 4) is 0 Å². The van der Waals surface area contributed by atoms with Crippen molar-refractivity contribution >= 4 is 23.5 Å². The average Bonchev–Trinajstić information content (AvgIpc) is 3.57. The molecule has 2 amide bonds. The number of piperazine rings is 1. The zero-order chi connectivity index (χ0) is 26.4. The predicted molar refractivity (Wildman–Crippen MR) is 130 cm³/mol. The van der Waals surface area contributed by atoms with Crippen LogP contribution < -0.4 is 16.4 Å². The number of hydrogen-bond acceptors (Lipinski definition) is 7. The number of primary amides is 1. The highest BCUT2D eigenvalue weighted by atomic mass is 19.4. The number of nitrogens with one attached hydrogen (secondary N) is 2. The first-order valence-electron chi connectivity index (χ1n) is 12.4. The number of likely N-dealkylation sites (N-methyl/N-ethyl adjacent to an activating group) is 1. The van der Waals surface area contributed by atoms with Crippen molar-refractivity contribution in [3.05, 3.63) is 47.3 Å². The molecule has 198 valence electrons. The van der Waals surface area contributed by atoms with Crippen LogP contribution >= 0.6 is 0 Å². The van der Waals surface area contributed by atoms with Crippen LogP contribution in [0.4, 0.5) is 24.8 Å². The third-order valence-corrected chi connectivity index (χ3v) is 7.72. The van der Waals surface area contributed by atoms with Gasteiger partial charge < -0.3 is 20.9 Å². The maximum atomic E-state index is 13.8. The van der Waals surface area contributed by atoms with Gasteiger partial charge in [0.2, 0.25) is 11.9 Å². The fourth-order valence-corrected chi connectivity index (χ4v) is 5.56. The van der Waals surface area contributed by atoms with Crippen LogP contribution in [-0.2, 0) is 11.0 Å². The molecule has 1 aromatic carbocycles. The van der Waals surface area contributed by atoms with Gasteiger partial charge in [0.05, 0.1) is 28.8 Å². The van der Waals surface area contributed by atoms with E-state index in [1.165, 1.54) is 0 Å². The molecule has 4 N–H and O–H groups in total. The molecule has 9 nitrogen and oxygen atoms in total. The highest BCUT2D eigenvalue weighted by molar-refractivity contribution is 5.94. The Labute approximate surface area is 212 Å². The van der Waals surface area contributed by atoms with Gasteiger partial charge in [0.25, 0.3) is 5.91 Å². The minimum absolute atomic E-state index is 0.00331. The van der Waals surface area contributed by atoms with Crippen molar-refractivity contribution in [2.75, 3.05) is 38.5 Å². The van der Waals surface area contributed by atoms with E-state index in [1.807, 2.05) is 7.05 Å². The molecule has 3 aliphatic rings. The summed E-state index contributed by atoms with van der Waals surface area (Å²) in [5.41, 5.74) is 4.72. The lowest BCUT2D eigenvalue weighted by Gasteiger charge is -2.32. The lowest BCUT2D eigenvalue weighted by Crippen LogP contribution is -2.47. The molecular formula is C25H30F3N7O2. The molecular weight excluding hydrogens is 487 g/mol. The van der Waals surface area contributed by atoms with E-state index in [4.69, 9.17) is 5.73 Å². The number of aromatic nitrogens is 2. The van der Waals surface area contributed by atoms with Crippen LogP contribution in [0.25, 0.3) is 0 Å². The molecule has 3 atom stereocenters. The summed E-state index contributed by atoms with van der Waals surface area (Å²) in [6, 6.07) is 5.94. The minimum Gasteiger partial charge on any atom is -0.369 e. The summed E-state index contributed by atoms with van der Waals surface area (Å²) in [5.74, 6) is -1.13. The van der Waals surface area contributed by atoms with Crippen LogP contribution in [0.15, 0.2) is 30.5 Å². The third kappa shape index (κ3) is 4.99. The second kappa shape index (κ2) is 9.56. The van der Waals surface area contributed by atoms with Crippen molar-refractivity contribution in [1.82, 2.24) is 25.1 Å². The molecule has 2 aliphatic heterocycles. The Morgan fingerprint density at radius 2 is 1.84 bits per heavy atom. The number of halogens is 3. The number of anilines is 2. The molecule has 1 unspecified atom stereocenters. The van der Waals surface area contributed by atoms with Gasteiger partial charge in [-0.15, -0.1) is 0 Å². The molecule has 12 heteroatoms. The molecule has 5 rings (SSSR count). The quantitative estimate of drug-likeness (QED) is 0.521. The summed E-state index contributed by atoms with van der Waals surface area (Å²) < 4.78 is 41.5. The summed E-state index contributed by atoms with van der Waals surface area (Å²) in [6.07, 6.45) is -1.19. The fourth-order valence-electron chi connectivity index (χ4n) is 5.56. The van der Waals surface area contributed by atoms with E-state index in [9.17, 15) is 22.8 Å². The van der Waals surface area contributed by atoms with Gasteiger partial charge in [-0.05, 0) is 44.2 Å². The van der Waals surface area contributed by atoms with E-state index in [0.717, 1.165) is 32.1 Å². The number of benzene rings is 1. The van der Waals surface area contributed by atoms with Crippen LogP contribution in [0.1, 0.15) is 53.3 Å². The summed E-state index contributed by atoms with van der Waals surface area (Å²) in [7, 11) is 2.02. The van der Waals surface area contributed by atoms with E-state index in [0.29, 0.717) is 37.2 Å². The molecule has 1 aliphatic carbocycles. The molecule has 1 aromatic heterocycles. The van der Waals surface area contributed by atoms with Crippen molar-refractivity contribution in [1.29, 1.82) is 0 Å². The summed E-state index contributed by atoms with van der Waals surface area (Å²) >= 11 is 0. The SMILES string of the molecule is CN1CCN(C(=O)c2ccc(Nc3ncc(C(F)(F)F)c(C4N[C@@]45CCCC[C@@H]5C(N)=O)n3)cc2)CC1. The van der Waals surface area contributed by atoms with Crippen LogP contribution in [-0.4, -0.2) is 70.3 Å². The summed E-state index contributed by atoms with van der Waals surface area (Å²) in [4.78, 5) is 36.9. The first-order valence-corrected chi connectivity index (χ1v) is 12.4. The molecule has 2 aromatic rings. The number of nitrogens with two attached hydrogens (primary N) is 1. The number of nitrogens with zero attached hydrogens (tertiary/aromatic N) is 4. The summed E-state index contributed by atoms with van der Waals surface area (Å²) in [6.45, 7) is 2.95. The molecule has 0 bridgehead atoms. The van der Waals surface area contributed by atoms with E-state index >= 15 is 0 Å². The summed E-state index contributed by atoms with van der Waals surface area (Å²) in [5, 5.41) is 6.07. The van der Waals surface area contributed by atoms with Crippen LogP contribution in [0.5, 0.6) is 0 Å². The van der Waals surface area contributed by atoms with Gasteiger partial charge in [-0.25, -0.2) is 9.97 Å². The first kappa shape index (κ1) is 25.4. The maximum Gasteiger partial charge on any atom is 0.419 e. The van der Waals surface area contributed by atoms with E-state index in [2.05, 4.69) is 25.5 Å². The number of rotatable bonds is 5. The fraction of sp³-hybridized carbons (Fsp3) is 0.520. The average molecular weight is 518 g/mol. The predicted octanol–water partition coefficient (Wildman–Crippen LogP) is 2.69. The minimum atomic E-state index is -4.65. The molecule has 1 spiro atoms. The molecule has 37 heavy (non-hydrogen) atoms. The molecule has 1 saturated carbocycles. The maximum absolute atomic E-state index is 13.8. The van der Waals surface area contributed by atoms with Gasteiger partial charge >= 0.3 is 6.18 Å². The van der Waals surface area contributed by atoms with Crippen LogP contribution in [0.2, 0.25) is 0 Å². The topological polar surface area (TPSA) is 126 Å². The molecule has 3 heterocycles. The second-order valence-electron chi connectivity index (χ2n) is 10.1. The van der Waals surface area contributed by atoms with Gasteiger partial charge in [-0.2, -0.15) is 13.2 Å².